The lowest BCUT2D eigenvalue weighted by atomic mass is 9.97. The molecule has 21 heavy (non-hydrogen) atoms. The Labute approximate surface area is 123 Å². The van der Waals surface area contributed by atoms with Crippen LogP contribution in [0.25, 0.3) is 0 Å². The van der Waals surface area contributed by atoms with E-state index in [1.165, 1.54) is 0 Å². The number of aryl methyl sites for hydroxylation is 1. The molecule has 7 heteroatoms. The fourth-order valence-corrected chi connectivity index (χ4v) is 2.60. The summed E-state index contributed by atoms with van der Waals surface area (Å²) in [7, 11) is 0. The van der Waals surface area contributed by atoms with Gasteiger partial charge in [-0.2, -0.15) is 0 Å². The quantitative estimate of drug-likeness (QED) is 0.752. The highest BCUT2D eigenvalue weighted by Gasteiger charge is 2.25. The Balaban J connectivity index is 2.05. The van der Waals surface area contributed by atoms with Gasteiger partial charge in [-0.25, -0.2) is 4.79 Å². The van der Waals surface area contributed by atoms with Crippen molar-refractivity contribution in [2.45, 2.75) is 19.8 Å². The highest BCUT2D eigenvalue weighted by atomic mass is 16.2. The first-order chi connectivity index (χ1) is 9.97. The molecule has 1 atom stereocenters. The van der Waals surface area contributed by atoms with Crippen molar-refractivity contribution in [2.75, 3.05) is 25.4 Å². The van der Waals surface area contributed by atoms with E-state index in [1.807, 2.05) is 0 Å². The Bertz CT molecular complexity index is 546. The average Bonchev–Trinajstić information content (AvgIpc) is 2.47. The number of nitrogens with one attached hydrogen (secondary N) is 1. The van der Waals surface area contributed by atoms with Crippen LogP contribution in [0.3, 0.4) is 0 Å². The van der Waals surface area contributed by atoms with Gasteiger partial charge >= 0.3 is 6.03 Å². The molecule has 0 aromatic carbocycles. The Morgan fingerprint density at radius 1 is 1.52 bits per heavy atom. The maximum atomic E-state index is 12.6. The Kier molecular flexibility index (Phi) is 4.62. The summed E-state index contributed by atoms with van der Waals surface area (Å²) in [5.41, 5.74) is 12.5. The van der Waals surface area contributed by atoms with Gasteiger partial charge in [-0.1, -0.05) is 0 Å². The van der Waals surface area contributed by atoms with Crippen LogP contribution in [0, 0.1) is 12.8 Å². The lowest BCUT2D eigenvalue weighted by molar-refractivity contribution is 0.0674. The molecule has 5 N–H and O–H groups in total. The van der Waals surface area contributed by atoms with Crippen LogP contribution >= 0.6 is 0 Å². The molecule has 1 aliphatic rings. The Morgan fingerprint density at radius 3 is 3.00 bits per heavy atom. The van der Waals surface area contributed by atoms with Crippen molar-refractivity contribution in [3.63, 3.8) is 0 Å². The number of carbonyl (C=O) groups excluding carboxylic acids is 2. The second-order valence-electron chi connectivity index (χ2n) is 5.41. The SMILES string of the molecule is Cc1ncc(N)cc1C(=O)N1CCCC(CNC(N)=O)C1. The maximum Gasteiger partial charge on any atom is 0.312 e. The zero-order valence-corrected chi connectivity index (χ0v) is 12.1. The third-order valence-electron chi connectivity index (χ3n) is 3.71. The second-order valence-corrected chi connectivity index (χ2v) is 5.41. The molecule has 3 amide bonds. The number of aromatic nitrogens is 1. The standard InChI is InChI=1S/C14H21N5O2/c1-9-12(5-11(15)7-17-9)13(20)19-4-2-3-10(8-19)6-18-14(16)21/h5,7,10H,2-4,6,8,15H2,1H3,(H3,16,18,21). The van der Waals surface area contributed by atoms with Gasteiger partial charge in [0.15, 0.2) is 0 Å². The topological polar surface area (TPSA) is 114 Å². The number of primary amides is 1. The summed E-state index contributed by atoms with van der Waals surface area (Å²) in [4.78, 5) is 29.3. The molecule has 0 spiro atoms. The number of nitrogens with two attached hydrogens (primary N) is 2. The summed E-state index contributed by atoms with van der Waals surface area (Å²) >= 11 is 0. The number of amides is 3. The smallest absolute Gasteiger partial charge is 0.312 e. The minimum absolute atomic E-state index is 0.0592. The molecule has 2 heterocycles. The van der Waals surface area contributed by atoms with Crippen LogP contribution in [0.1, 0.15) is 28.9 Å². The van der Waals surface area contributed by atoms with Gasteiger partial charge in [0.05, 0.1) is 23.1 Å². The van der Waals surface area contributed by atoms with Crippen LogP contribution < -0.4 is 16.8 Å². The molecule has 1 saturated heterocycles. The van der Waals surface area contributed by atoms with Gasteiger partial charge in [0, 0.05) is 19.6 Å². The normalized spacial score (nSPS) is 18.3. The number of hydrogen-bond donors (Lipinski definition) is 3. The fourth-order valence-electron chi connectivity index (χ4n) is 2.60. The summed E-state index contributed by atoms with van der Waals surface area (Å²) < 4.78 is 0. The van der Waals surface area contributed by atoms with E-state index in [4.69, 9.17) is 11.5 Å². The molecule has 0 aliphatic carbocycles. The van der Waals surface area contributed by atoms with E-state index in [0.29, 0.717) is 36.6 Å². The summed E-state index contributed by atoms with van der Waals surface area (Å²) in [6, 6.07) is 1.13. The average molecular weight is 291 g/mol. The number of carbonyl (C=O) groups is 2. The number of anilines is 1. The summed E-state index contributed by atoms with van der Waals surface area (Å²) in [5.74, 6) is 0.167. The largest absolute Gasteiger partial charge is 0.397 e. The predicted octanol–water partition coefficient (Wildman–Crippen LogP) is 0.493. The maximum absolute atomic E-state index is 12.6. The Hall–Kier alpha value is -2.31. The molecule has 2 rings (SSSR count). The molecule has 0 radical (unpaired) electrons. The predicted molar refractivity (Wildman–Crippen MR) is 79.6 cm³/mol. The van der Waals surface area contributed by atoms with Gasteiger partial charge in [-0.3, -0.25) is 9.78 Å². The van der Waals surface area contributed by atoms with Crippen LogP contribution in [0.5, 0.6) is 0 Å². The fraction of sp³-hybridized carbons (Fsp3) is 0.500. The van der Waals surface area contributed by atoms with Gasteiger partial charge in [-0.15, -0.1) is 0 Å². The van der Waals surface area contributed by atoms with Crippen molar-refractivity contribution < 1.29 is 9.59 Å². The van der Waals surface area contributed by atoms with Crippen molar-refractivity contribution >= 4 is 17.6 Å². The van der Waals surface area contributed by atoms with E-state index in [1.54, 1.807) is 24.1 Å². The summed E-state index contributed by atoms with van der Waals surface area (Å²) in [6.07, 6.45) is 3.42. The lowest BCUT2D eigenvalue weighted by Gasteiger charge is -2.33. The summed E-state index contributed by atoms with van der Waals surface area (Å²) in [6.45, 7) is 3.60. The number of likely N-dealkylation sites (tertiary alicyclic amines) is 1. The van der Waals surface area contributed by atoms with Crippen LogP contribution in [0.4, 0.5) is 10.5 Å². The van der Waals surface area contributed by atoms with Crippen molar-refractivity contribution in [1.29, 1.82) is 0 Å². The molecule has 1 fully saturated rings. The van der Waals surface area contributed by atoms with E-state index in [9.17, 15) is 9.59 Å². The minimum Gasteiger partial charge on any atom is -0.397 e. The first-order valence-corrected chi connectivity index (χ1v) is 7.02. The minimum atomic E-state index is -0.533. The third kappa shape index (κ3) is 3.84. The zero-order valence-electron chi connectivity index (χ0n) is 12.1. The number of urea groups is 1. The molecular weight excluding hydrogens is 270 g/mol. The van der Waals surface area contributed by atoms with Crippen LogP contribution in [-0.2, 0) is 0 Å². The highest BCUT2D eigenvalue weighted by Crippen LogP contribution is 2.20. The number of nitrogens with zero attached hydrogens (tertiary/aromatic N) is 2. The van der Waals surface area contributed by atoms with Crippen molar-refractivity contribution in [2.24, 2.45) is 11.7 Å². The molecule has 1 aromatic rings. The number of nitrogen functional groups attached to an aromatic ring is 1. The number of piperidine rings is 1. The van der Waals surface area contributed by atoms with Gasteiger partial charge in [-0.05, 0) is 31.7 Å². The molecule has 1 aliphatic heterocycles. The molecule has 0 bridgehead atoms. The van der Waals surface area contributed by atoms with Crippen molar-refractivity contribution in [3.8, 4) is 0 Å². The van der Waals surface area contributed by atoms with E-state index < -0.39 is 6.03 Å². The molecule has 114 valence electrons. The molecule has 1 unspecified atom stereocenters. The van der Waals surface area contributed by atoms with E-state index >= 15 is 0 Å². The first-order valence-electron chi connectivity index (χ1n) is 7.02. The number of rotatable bonds is 3. The number of pyridine rings is 1. The molecule has 1 aromatic heterocycles. The molecular formula is C14H21N5O2. The van der Waals surface area contributed by atoms with E-state index in [-0.39, 0.29) is 11.8 Å². The van der Waals surface area contributed by atoms with Gasteiger partial charge in [0.1, 0.15) is 0 Å². The second kappa shape index (κ2) is 6.43. The first kappa shape index (κ1) is 15.1. The van der Waals surface area contributed by atoms with Gasteiger partial charge in [0.2, 0.25) is 0 Å². The van der Waals surface area contributed by atoms with Crippen LogP contribution in [0.15, 0.2) is 12.3 Å². The molecule has 0 saturated carbocycles. The Morgan fingerprint density at radius 2 is 2.29 bits per heavy atom. The van der Waals surface area contributed by atoms with Crippen LogP contribution in [0.2, 0.25) is 0 Å². The number of hydrogen-bond acceptors (Lipinski definition) is 4. The van der Waals surface area contributed by atoms with E-state index in [0.717, 1.165) is 12.8 Å². The summed E-state index contributed by atoms with van der Waals surface area (Å²) in [5, 5.41) is 2.60. The molecule has 7 nitrogen and oxygen atoms in total. The van der Waals surface area contributed by atoms with Gasteiger partial charge < -0.3 is 21.7 Å². The van der Waals surface area contributed by atoms with Crippen LogP contribution in [-0.4, -0.2) is 41.5 Å². The van der Waals surface area contributed by atoms with E-state index in [2.05, 4.69) is 10.3 Å². The zero-order chi connectivity index (χ0) is 15.4. The third-order valence-corrected chi connectivity index (χ3v) is 3.71. The van der Waals surface area contributed by atoms with Crippen molar-refractivity contribution in [1.82, 2.24) is 15.2 Å². The van der Waals surface area contributed by atoms with Gasteiger partial charge in [0.25, 0.3) is 5.91 Å². The monoisotopic (exact) mass is 291 g/mol. The highest BCUT2D eigenvalue weighted by molar-refractivity contribution is 5.96. The van der Waals surface area contributed by atoms with Crippen molar-refractivity contribution in [3.05, 3.63) is 23.5 Å². The lowest BCUT2D eigenvalue weighted by Crippen LogP contribution is -2.44.